The molecule has 0 aromatic heterocycles. The highest BCUT2D eigenvalue weighted by molar-refractivity contribution is 5.90. The first-order valence-corrected chi connectivity index (χ1v) is 21.7. The molecule has 10 aromatic carbocycles. The maximum absolute atomic E-state index is 2.44. The quantitative estimate of drug-likeness (QED) is 0.136. The lowest BCUT2D eigenvalue weighted by Crippen LogP contribution is -2.29. The maximum Gasteiger partial charge on any atom is 0.0715 e. The van der Waals surface area contributed by atoms with Crippen molar-refractivity contribution in [3.63, 3.8) is 0 Å². The van der Waals surface area contributed by atoms with Crippen molar-refractivity contribution >= 4 is 34.1 Å². The Bertz CT molecular complexity index is 2940. The number of anilines is 6. The van der Waals surface area contributed by atoms with E-state index in [9.17, 15) is 0 Å². The Morgan fingerprint density at radius 3 is 0.952 bits per heavy atom. The lowest BCUT2D eigenvalue weighted by atomic mass is 9.67. The van der Waals surface area contributed by atoms with Gasteiger partial charge in [0.2, 0.25) is 0 Å². The molecule has 10 aromatic rings. The molecule has 2 nitrogen and oxygen atoms in total. The maximum atomic E-state index is 2.44. The van der Waals surface area contributed by atoms with Gasteiger partial charge in [-0.15, -0.1) is 0 Å². The predicted octanol–water partition coefficient (Wildman–Crippen LogP) is 16.3. The molecule has 0 heterocycles. The minimum absolute atomic E-state index is 0.627. The van der Waals surface area contributed by atoms with E-state index in [1.54, 1.807) is 0 Å². The fourth-order valence-electron chi connectivity index (χ4n) is 9.70. The molecule has 0 saturated carbocycles. The third-order valence-electron chi connectivity index (χ3n) is 12.5. The van der Waals surface area contributed by atoms with Gasteiger partial charge >= 0.3 is 0 Å². The summed E-state index contributed by atoms with van der Waals surface area (Å²) >= 11 is 0. The largest absolute Gasteiger partial charge is 0.310 e. The summed E-state index contributed by atoms with van der Waals surface area (Å²) in [6.45, 7) is 0. The highest BCUT2D eigenvalue weighted by Crippen LogP contribution is 2.57. The van der Waals surface area contributed by atoms with Gasteiger partial charge in [-0.1, -0.05) is 200 Å². The van der Waals surface area contributed by atoms with Gasteiger partial charge < -0.3 is 9.80 Å². The van der Waals surface area contributed by atoms with Gasteiger partial charge in [-0.25, -0.2) is 0 Å². The Kier molecular flexibility index (Phi) is 9.80. The normalized spacial score (nSPS) is 12.3. The third kappa shape index (κ3) is 6.79. The SMILES string of the molecule is c1ccc(-c2ccc(N(c3ccccc3)c3cc(N(c4ccccc4)c4ccc(-c5ccccc5)cc4)cc(C4(c5ccccc5)c5ccccc5-c5ccccc54)c3)cc2)cc1. The van der Waals surface area contributed by atoms with Crippen molar-refractivity contribution in [1.29, 1.82) is 0 Å². The second-order valence-corrected chi connectivity index (χ2v) is 16.1. The number of benzene rings is 10. The Morgan fingerprint density at radius 2 is 0.540 bits per heavy atom. The van der Waals surface area contributed by atoms with E-state index in [0.717, 1.165) is 34.1 Å². The zero-order valence-electron chi connectivity index (χ0n) is 34.8. The van der Waals surface area contributed by atoms with Crippen LogP contribution in [-0.2, 0) is 5.41 Å². The van der Waals surface area contributed by atoms with Crippen LogP contribution in [0.3, 0.4) is 0 Å². The van der Waals surface area contributed by atoms with E-state index in [1.165, 1.54) is 55.6 Å². The van der Waals surface area contributed by atoms with Gasteiger partial charge in [0.05, 0.1) is 5.41 Å². The Labute approximate surface area is 370 Å². The molecule has 1 aliphatic carbocycles. The number of fused-ring (bicyclic) bond motifs is 3. The summed E-state index contributed by atoms with van der Waals surface area (Å²) in [5.74, 6) is 0. The molecule has 63 heavy (non-hydrogen) atoms. The van der Waals surface area contributed by atoms with Crippen LogP contribution in [0.25, 0.3) is 33.4 Å². The molecular formula is C61H44N2. The van der Waals surface area contributed by atoms with Crippen molar-refractivity contribution in [3.05, 3.63) is 289 Å². The number of rotatable bonds is 10. The topological polar surface area (TPSA) is 6.48 Å². The first-order valence-electron chi connectivity index (χ1n) is 21.7. The average Bonchev–Trinajstić information content (AvgIpc) is 3.67. The van der Waals surface area contributed by atoms with Gasteiger partial charge in [0.25, 0.3) is 0 Å². The summed E-state index contributed by atoms with van der Waals surface area (Å²) in [5, 5.41) is 0. The molecule has 2 heteroatoms. The van der Waals surface area contributed by atoms with Crippen LogP contribution < -0.4 is 9.80 Å². The first-order chi connectivity index (χ1) is 31.3. The minimum Gasteiger partial charge on any atom is -0.310 e. The monoisotopic (exact) mass is 804 g/mol. The van der Waals surface area contributed by atoms with E-state index in [2.05, 4.69) is 277 Å². The highest BCUT2D eigenvalue weighted by atomic mass is 15.2. The van der Waals surface area contributed by atoms with E-state index >= 15 is 0 Å². The molecule has 0 spiro atoms. The molecular weight excluding hydrogens is 761 g/mol. The Balaban J connectivity index is 1.21. The number of hydrogen-bond donors (Lipinski definition) is 0. The van der Waals surface area contributed by atoms with Gasteiger partial charge in [0, 0.05) is 34.1 Å². The van der Waals surface area contributed by atoms with Crippen LogP contribution in [0.1, 0.15) is 22.3 Å². The molecule has 11 rings (SSSR count). The summed E-state index contributed by atoms with van der Waals surface area (Å²) in [6, 6.07) is 97.1. The summed E-state index contributed by atoms with van der Waals surface area (Å²) in [7, 11) is 0. The van der Waals surface area contributed by atoms with Crippen LogP contribution >= 0.6 is 0 Å². The van der Waals surface area contributed by atoms with E-state index in [1.807, 2.05) is 0 Å². The van der Waals surface area contributed by atoms with Crippen LogP contribution in [0.15, 0.2) is 267 Å². The van der Waals surface area contributed by atoms with E-state index in [-0.39, 0.29) is 0 Å². The number of para-hydroxylation sites is 2. The van der Waals surface area contributed by atoms with Crippen molar-refractivity contribution in [2.24, 2.45) is 0 Å². The van der Waals surface area contributed by atoms with E-state index in [0.29, 0.717) is 0 Å². The molecule has 0 radical (unpaired) electrons. The van der Waals surface area contributed by atoms with Crippen LogP contribution in [0, 0.1) is 0 Å². The van der Waals surface area contributed by atoms with Crippen LogP contribution in [0.2, 0.25) is 0 Å². The standard InChI is InChI=1S/C61H44N2/c1-6-20-45(21-7-1)47-34-38-53(39-35-47)62(51-26-12-4-13-27-51)55-42-50(61(49-24-10-3-11-25-49)59-32-18-16-30-57(59)58-31-17-19-33-60(58)61)43-56(44-55)63(52-28-14-5-15-29-52)54-40-36-48(37-41-54)46-22-8-2-9-23-46/h1-44H. The molecule has 298 valence electrons. The van der Waals surface area contributed by atoms with Crippen molar-refractivity contribution < 1.29 is 0 Å². The van der Waals surface area contributed by atoms with Crippen molar-refractivity contribution in [2.75, 3.05) is 9.80 Å². The first kappa shape index (κ1) is 37.8. The van der Waals surface area contributed by atoms with Gasteiger partial charge in [-0.05, 0) is 122 Å². The summed E-state index contributed by atoms with van der Waals surface area (Å²) in [4.78, 5) is 4.82. The lowest BCUT2D eigenvalue weighted by Gasteiger charge is -2.37. The van der Waals surface area contributed by atoms with Crippen LogP contribution in [0.5, 0.6) is 0 Å². The molecule has 0 saturated heterocycles. The molecule has 0 fully saturated rings. The zero-order chi connectivity index (χ0) is 42.0. The summed E-state index contributed by atoms with van der Waals surface area (Å²) in [6.07, 6.45) is 0. The van der Waals surface area contributed by atoms with Crippen LogP contribution in [-0.4, -0.2) is 0 Å². The fraction of sp³-hybridized carbons (Fsp3) is 0.0164. The summed E-state index contributed by atoms with van der Waals surface area (Å²) in [5.41, 5.74) is 18.0. The second-order valence-electron chi connectivity index (χ2n) is 16.1. The molecule has 0 N–H and O–H groups in total. The lowest BCUT2D eigenvalue weighted by molar-refractivity contribution is 0.768. The van der Waals surface area contributed by atoms with Gasteiger partial charge in [-0.3, -0.25) is 0 Å². The smallest absolute Gasteiger partial charge is 0.0715 e. The van der Waals surface area contributed by atoms with Gasteiger partial charge in [0.1, 0.15) is 0 Å². The average molecular weight is 805 g/mol. The number of hydrogen-bond acceptors (Lipinski definition) is 2. The fourth-order valence-corrected chi connectivity index (χ4v) is 9.70. The van der Waals surface area contributed by atoms with Crippen molar-refractivity contribution in [1.82, 2.24) is 0 Å². The molecule has 0 aliphatic heterocycles. The van der Waals surface area contributed by atoms with Crippen LogP contribution in [0.4, 0.5) is 34.1 Å². The predicted molar refractivity (Wildman–Crippen MR) is 264 cm³/mol. The molecule has 0 amide bonds. The van der Waals surface area contributed by atoms with Crippen molar-refractivity contribution in [3.8, 4) is 33.4 Å². The van der Waals surface area contributed by atoms with Crippen molar-refractivity contribution in [2.45, 2.75) is 5.41 Å². The molecule has 0 atom stereocenters. The van der Waals surface area contributed by atoms with Gasteiger partial charge in [-0.2, -0.15) is 0 Å². The zero-order valence-corrected chi connectivity index (χ0v) is 34.8. The molecule has 1 aliphatic rings. The molecule has 0 unspecified atom stereocenters. The third-order valence-corrected chi connectivity index (χ3v) is 12.5. The van der Waals surface area contributed by atoms with E-state index in [4.69, 9.17) is 0 Å². The number of nitrogens with zero attached hydrogens (tertiary/aromatic N) is 2. The van der Waals surface area contributed by atoms with E-state index < -0.39 is 5.41 Å². The minimum atomic E-state index is -0.627. The Hall–Kier alpha value is -8.20. The second kappa shape index (κ2) is 16.3. The summed E-state index contributed by atoms with van der Waals surface area (Å²) < 4.78 is 0. The molecule has 0 bridgehead atoms. The Morgan fingerprint density at radius 1 is 0.222 bits per heavy atom. The van der Waals surface area contributed by atoms with Gasteiger partial charge in [0.15, 0.2) is 0 Å². The highest BCUT2D eigenvalue weighted by Gasteiger charge is 2.46.